The summed E-state index contributed by atoms with van der Waals surface area (Å²) in [5.41, 5.74) is 0. The van der Waals surface area contributed by atoms with Crippen LogP contribution in [0.4, 0.5) is 0 Å². The van der Waals surface area contributed by atoms with Crippen molar-refractivity contribution in [1.82, 2.24) is 0 Å². The van der Waals surface area contributed by atoms with Crippen molar-refractivity contribution in [2.45, 2.75) is 418 Å². The van der Waals surface area contributed by atoms with Gasteiger partial charge in [-0.3, -0.25) is 37.3 Å². The van der Waals surface area contributed by atoms with E-state index in [1.807, 2.05) is 0 Å². The SMILES string of the molecule is CCCCCCCCCCCCCCCCCCCCCCC(=O)O[C@H](COC(=O)CCCCCCCCCCCCCCCCCCCC)COP(=O)(O)OC[C@@H](O)COP(=O)(O)OC[C@@H](COC(=O)CCCCCCC)OC(=O)CCCCCCCCCCCCC. The number of hydrogen-bond acceptors (Lipinski definition) is 15. The highest BCUT2D eigenvalue weighted by atomic mass is 31.2. The van der Waals surface area contributed by atoms with Gasteiger partial charge in [-0.15, -0.1) is 0 Å². The molecule has 0 saturated carbocycles. The zero-order valence-corrected chi connectivity index (χ0v) is 62.7. The molecule has 0 aliphatic carbocycles. The molecule has 558 valence electrons. The lowest BCUT2D eigenvalue weighted by Gasteiger charge is -2.21. The maximum absolute atomic E-state index is 13.1. The Morgan fingerprint density at radius 1 is 0.255 bits per heavy atom. The van der Waals surface area contributed by atoms with E-state index in [-0.39, 0.29) is 25.7 Å². The molecule has 0 aromatic carbocycles. The minimum Gasteiger partial charge on any atom is -0.462 e. The second-order valence-corrected chi connectivity index (χ2v) is 29.9. The molecule has 17 nitrogen and oxygen atoms in total. The van der Waals surface area contributed by atoms with E-state index in [9.17, 15) is 43.2 Å². The average Bonchev–Trinajstić information content (AvgIpc) is 1.27. The summed E-state index contributed by atoms with van der Waals surface area (Å²) >= 11 is 0. The number of carbonyl (C=O) groups excluding carboxylic acids is 4. The zero-order chi connectivity index (χ0) is 69.0. The lowest BCUT2D eigenvalue weighted by atomic mass is 10.0. The van der Waals surface area contributed by atoms with Crippen LogP contribution in [-0.4, -0.2) is 96.7 Å². The maximum atomic E-state index is 13.1. The highest BCUT2D eigenvalue weighted by Gasteiger charge is 2.30. The van der Waals surface area contributed by atoms with Crippen LogP contribution in [0.25, 0.3) is 0 Å². The van der Waals surface area contributed by atoms with Crippen molar-refractivity contribution in [2.75, 3.05) is 39.6 Å². The van der Waals surface area contributed by atoms with Gasteiger partial charge in [0.05, 0.1) is 26.4 Å². The van der Waals surface area contributed by atoms with Gasteiger partial charge >= 0.3 is 39.5 Å². The van der Waals surface area contributed by atoms with E-state index >= 15 is 0 Å². The van der Waals surface area contributed by atoms with Gasteiger partial charge in [-0.1, -0.05) is 349 Å². The van der Waals surface area contributed by atoms with E-state index in [0.29, 0.717) is 25.7 Å². The van der Waals surface area contributed by atoms with Crippen molar-refractivity contribution in [3.63, 3.8) is 0 Å². The summed E-state index contributed by atoms with van der Waals surface area (Å²) < 4.78 is 68.2. The summed E-state index contributed by atoms with van der Waals surface area (Å²) in [4.78, 5) is 72.4. The number of hydrogen-bond donors (Lipinski definition) is 3. The third-order valence-corrected chi connectivity index (χ3v) is 19.5. The number of rotatable bonds is 76. The standard InChI is InChI=1S/C75H146O17P2/c1-5-9-13-17-20-23-26-28-30-32-34-35-37-39-41-44-47-50-54-58-62-75(80)92-71(66-86-73(78)60-56-52-48-45-43-40-38-36-33-31-29-27-24-21-18-14-10-6-2)68-90-94(83,84)88-64-69(76)63-87-93(81,82)89-67-70(65-85-72(77)59-55-51-16-12-8-4)91-74(79)61-57-53-49-46-42-25-22-19-15-11-7-3/h69-71,76H,5-68H2,1-4H3,(H,81,82)(H,83,84)/t69-,70+,71+/m0/s1. The quantitative estimate of drug-likeness (QED) is 0.0222. The molecule has 2 unspecified atom stereocenters. The number of aliphatic hydroxyl groups excluding tert-OH is 1. The van der Waals surface area contributed by atoms with E-state index < -0.39 is 97.5 Å². The Balaban J connectivity index is 5.12. The summed E-state index contributed by atoms with van der Waals surface area (Å²) in [7, 11) is -9.89. The van der Waals surface area contributed by atoms with Crippen molar-refractivity contribution < 1.29 is 80.2 Å². The molecule has 0 aliphatic rings. The topological polar surface area (TPSA) is 237 Å². The zero-order valence-electron chi connectivity index (χ0n) is 60.9. The van der Waals surface area contributed by atoms with Gasteiger partial charge in [0.25, 0.3) is 0 Å². The highest BCUT2D eigenvalue weighted by molar-refractivity contribution is 7.47. The summed E-state index contributed by atoms with van der Waals surface area (Å²) in [5.74, 6) is -2.13. The van der Waals surface area contributed by atoms with Crippen molar-refractivity contribution in [2.24, 2.45) is 0 Å². The molecule has 0 saturated heterocycles. The predicted octanol–water partition coefficient (Wildman–Crippen LogP) is 22.2. The number of unbranched alkanes of at least 4 members (excludes halogenated alkanes) is 50. The summed E-state index contributed by atoms with van der Waals surface area (Å²) in [5, 5.41) is 10.6. The van der Waals surface area contributed by atoms with Gasteiger partial charge in [-0.2, -0.15) is 0 Å². The Hall–Kier alpha value is -1.94. The number of phosphoric acid groups is 2. The van der Waals surface area contributed by atoms with Crippen molar-refractivity contribution in [3.05, 3.63) is 0 Å². The normalized spacial score (nSPS) is 13.9. The fraction of sp³-hybridized carbons (Fsp3) is 0.947. The third kappa shape index (κ3) is 68.6. The summed E-state index contributed by atoms with van der Waals surface area (Å²) in [6, 6.07) is 0. The molecule has 0 amide bonds. The van der Waals surface area contributed by atoms with Crippen LogP contribution in [0.1, 0.15) is 400 Å². The second kappa shape index (κ2) is 69.5. The molecular formula is C75H146O17P2. The van der Waals surface area contributed by atoms with E-state index in [2.05, 4.69) is 27.7 Å². The van der Waals surface area contributed by atoms with Gasteiger partial charge in [0.1, 0.15) is 19.3 Å². The Labute approximate surface area is 575 Å². The van der Waals surface area contributed by atoms with E-state index in [1.54, 1.807) is 0 Å². The average molecular weight is 1380 g/mol. The van der Waals surface area contributed by atoms with Crippen LogP contribution in [0, 0.1) is 0 Å². The van der Waals surface area contributed by atoms with Crippen LogP contribution in [0.5, 0.6) is 0 Å². The van der Waals surface area contributed by atoms with Gasteiger partial charge in [0.2, 0.25) is 0 Å². The molecule has 0 heterocycles. The molecular weight excluding hydrogens is 1230 g/mol. The molecule has 0 spiro atoms. The van der Waals surface area contributed by atoms with Gasteiger partial charge in [0, 0.05) is 25.7 Å². The van der Waals surface area contributed by atoms with Gasteiger partial charge in [0.15, 0.2) is 12.2 Å². The monoisotopic (exact) mass is 1380 g/mol. The molecule has 3 N–H and O–H groups in total. The van der Waals surface area contributed by atoms with Crippen LogP contribution >= 0.6 is 15.6 Å². The molecule has 0 rings (SSSR count). The number of esters is 4. The molecule has 0 bridgehead atoms. The number of ether oxygens (including phenoxy) is 4. The van der Waals surface area contributed by atoms with Crippen molar-refractivity contribution in [3.8, 4) is 0 Å². The fourth-order valence-electron chi connectivity index (χ4n) is 11.6. The Morgan fingerprint density at radius 3 is 0.628 bits per heavy atom. The third-order valence-electron chi connectivity index (χ3n) is 17.6. The lowest BCUT2D eigenvalue weighted by molar-refractivity contribution is -0.161. The maximum Gasteiger partial charge on any atom is 0.472 e. The fourth-order valence-corrected chi connectivity index (χ4v) is 13.2. The van der Waals surface area contributed by atoms with Crippen LogP contribution < -0.4 is 0 Å². The van der Waals surface area contributed by atoms with Gasteiger partial charge in [-0.05, 0) is 25.7 Å². The Kier molecular flexibility index (Phi) is 68.1. The smallest absolute Gasteiger partial charge is 0.462 e. The number of aliphatic hydroxyl groups is 1. The molecule has 5 atom stereocenters. The van der Waals surface area contributed by atoms with Gasteiger partial charge in [-0.25, -0.2) is 9.13 Å². The molecule has 0 aromatic heterocycles. The van der Waals surface area contributed by atoms with Crippen molar-refractivity contribution in [1.29, 1.82) is 0 Å². The largest absolute Gasteiger partial charge is 0.472 e. The number of carbonyl (C=O) groups is 4. The van der Waals surface area contributed by atoms with Crippen LogP contribution in [0.15, 0.2) is 0 Å². The van der Waals surface area contributed by atoms with E-state index in [0.717, 1.165) is 96.3 Å². The number of phosphoric ester groups is 2. The van der Waals surface area contributed by atoms with E-state index in [4.69, 9.17) is 37.0 Å². The predicted molar refractivity (Wildman–Crippen MR) is 382 cm³/mol. The second-order valence-electron chi connectivity index (χ2n) is 27.0. The molecule has 0 aromatic rings. The van der Waals surface area contributed by atoms with Crippen molar-refractivity contribution >= 4 is 39.5 Å². The lowest BCUT2D eigenvalue weighted by Crippen LogP contribution is -2.30. The molecule has 19 heteroatoms. The first-order chi connectivity index (χ1) is 45.7. The van der Waals surface area contributed by atoms with Gasteiger partial charge < -0.3 is 33.8 Å². The van der Waals surface area contributed by atoms with Crippen LogP contribution in [0.3, 0.4) is 0 Å². The summed E-state index contributed by atoms with van der Waals surface area (Å²) in [6.45, 7) is 4.89. The minimum absolute atomic E-state index is 0.107. The Bertz CT molecular complexity index is 1790. The first-order valence-corrected chi connectivity index (χ1v) is 42.3. The minimum atomic E-state index is -4.95. The molecule has 0 aliphatic heterocycles. The first-order valence-electron chi connectivity index (χ1n) is 39.3. The van der Waals surface area contributed by atoms with Crippen LogP contribution in [0.2, 0.25) is 0 Å². The van der Waals surface area contributed by atoms with E-state index in [1.165, 1.54) is 225 Å². The van der Waals surface area contributed by atoms with Crippen LogP contribution in [-0.2, 0) is 65.4 Å². The first kappa shape index (κ1) is 92.1. The Morgan fingerprint density at radius 2 is 0.426 bits per heavy atom. The molecule has 0 radical (unpaired) electrons. The highest BCUT2D eigenvalue weighted by Crippen LogP contribution is 2.45. The molecule has 0 fully saturated rings. The summed E-state index contributed by atoms with van der Waals surface area (Å²) in [6.07, 6.45) is 60.2. The molecule has 94 heavy (non-hydrogen) atoms.